The Labute approximate surface area is 138 Å². The summed E-state index contributed by atoms with van der Waals surface area (Å²) in [6.45, 7) is 0.405. The van der Waals surface area contributed by atoms with Crippen LogP contribution in [0, 0.1) is 0 Å². The lowest BCUT2D eigenvalue weighted by Gasteiger charge is -2.34. The van der Waals surface area contributed by atoms with Crippen molar-refractivity contribution in [3.05, 3.63) is 59.2 Å². The van der Waals surface area contributed by atoms with E-state index in [9.17, 15) is 14.7 Å². The van der Waals surface area contributed by atoms with Crippen LogP contribution in [0.4, 0.5) is 0 Å². The molecule has 0 aliphatic carbocycles. The molecule has 2 aromatic rings. The number of fused-ring (bicyclic) bond motifs is 2. The molecule has 0 aromatic heterocycles. The first-order valence-electron chi connectivity index (χ1n) is 7.63. The van der Waals surface area contributed by atoms with Crippen molar-refractivity contribution < 1.29 is 24.2 Å². The van der Waals surface area contributed by atoms with Gasteiger partial charge in [-0.05, 0) is 29.3 Å². The average molecular weight is 325 g/mol. The van der Waals surface area contributed by atoms with E-state index in [0.717, 1.165) is 11.1 Å². The number of carbonyl (C=O) groups excluding carboxylic acids is 1. The molecule has 0 bridgehead atoms. The van der Waals surface area contributed by atoms with Crippen LogP contribution in [0.5, 0.6) is 11.5 Å². The van der Waals surface area contributed by atoms with E-state index in [1.54, 1.807) is 18.2 Å². The molecule has 0 unspecified atom stereocenters. The summed E-state index contributed by atoms with van der Waals surface area (Å²) in [5.41, 5.74) is 2.34. The number of carboxylic acids is 1. The highest BCUT2D eigenvalue weighted by Gasteiger charge is 2.35. The molecule has 2 aliphatic rings. The molecule has 2 aliphatic heterocycles. The van der Waals surface area contributed by atoms with Gasteiger partial charge in [0.25, 0.3) is 5.91 Å². The van der Waals surface area contributed by atoms with Gasteiger partial charge in [0.1, 0.15) is 6.04 Å². The highest BCUT2D eigenvalue weighted by molar-refractivity contribution is 5.97. The molecule has 1 N–H and O–H groups in total. The number of hydrogen-bond acceptors (Lipinski definition) is 4. The Bertz CT molecular complexity index is 832. The highest BCUT2D eigenvalue weighted by Crippen LogP contribution is 2.33. The third-order valence-electron chi connectivity index (χ3n) is 4.41. The standard InChI is InChI=1S/C18H15NO5/c20-17(12-5-6-15-16(8-12)24-10-23-15)19-9-13-4-2-1-3-11(13)7-14(19)18(21)22/h1-6,8,14H,7,9-10H2,(H,21,22)/t14-/m1/s1. The maximum Gasteiger partial charge on any atom is 0.326 e. The molecule has 0 saturated carbocycles. The predicted molar refractivity (Wildman–Crippen MR) is 84.0 cm³/mol. The van der Waals surface area contributed by atoms with Crippen molar-refractivity contribution >= 4 is 11.9 Å². The average Bonchev–Trinajstić information content (AvgIpc) is 3.07. The quantitative estimate of drug-likeness (QED) is 0.915. The van der Waals surface area contributed by atoms with E-state index in [1.807, 2.05) is 24.3 Å². The number of benzene rings is 2. The van der Waals surface area contributed by atoms with Crippen molar-refractivity contribution in [2.45, 2.75) is 19.0 Å². The second-order valence-corrected chi connectivity index (χ2v) is 5.83. The number of rotatable bonds is 2. The van der Waals surface area contributed by atoms with Crippen molar-refractivity contribution in [3.63, 3.8) is 0 Å². The fourth-order valence-corrected chi connectivity index (χ4v) is 3.15. The van der Waals surface area contributed by atoms with Gasteiger partial charge in [0, 0.05) is 18.5 Å². The van der Waals surface area contributed by atoms with Crippen LogP contribution in [-0.4, -0.2) is 34.7 Å². The van der Waals surface area contributed by atoms with Gasteiger partial charge in [-0.15, -0.1) is 0 Å². The first kappa shape index (κ1) is 14.6. The molecule has 24 heavy (non-hydrogen) atoms. The third kappa shape index (κ3) is 2.36. The van der Waals surface area contributed by atoms with Gasteiger partial charge in [0.15, 0.2) is 11.5 Å². The summed E-state index contributed by atoms with van der Waals surface area (Å²) in [6.07, 6.45) is 0.307. The molecule has 6 heteroatoms. The lowest BCUT2D eigenvalue weighted by atomic mass is 9.93. The first-order valence-corrected chi connectivity index (χ1v) is 7.63. The Morgan fingerprint density at radius 2 is 1.79 bits per heavy atom. The molecule has 2 heterocycles. The molecular formula is C18H15NO5. The van der Waals surface area contributed by atoms with Crippen LogP contribution in [0.3, 0.4) is 0 Å². The van der Waals surface area contributed by atoms with Crippen molar-refractivity contribution in [1.82, 2.24) is 4.90 Å². The molecule has 6 nitrogen and oxygen atoms in total. The van der Waals surface area contributed by atoms with E-state index in [4.69, 9.17) is 9.47 Å². The van der Waals surface area contributed by atoms with Gasteiger partial charge in [-0.3, -0.25) is 4.79 Å². The maximum absolute atomic E-state index is 12.9. The Hall–Kier alpha value is -3.02. The summed E-state index contributed by atoms with van der Waals surface area (Å²) >= 11 is 0. The monoisotopic (exact) mass is 325 g/mol. The normalized spacial score (nSPS) is 18.2. The van der Waals surface area contributed by atoms with E-state index in [0.29, 0.717) is 23.5 Å². The second kappa shape index (κ2) is 5.56. The van der Waals surface area contributed by atoms with Crippen LogP contribution in [-0.2, 0) is 17.8 Å². The van der Waals surface area contributed by atoms with Gasteiger partial charge in [-0.2, -0.15) is 0 Å². The molecule has 2 aromatic carbocycles. The summed E-state index contributed by atoms with van der Waals surface area (Å²) in [4.78, 5) is 26.0. The Morgan fingerprint density at radius 1 is 1.04 bits per heavy atom. The van der Waals surface area contributed by atoms with E-state index in [2.05, 4.69) is 0 Å². The number of aliphatic carboxylic acids is 1. The van der Waals surface area contributed by atoms with Crippen molar-refractivity contribution in [2.24, 2.45) is 0 Å². The lowest BCUT2D eigenvalue weighted by molar-refractivity contribution is -0.142. The van der Waals surface area contributed by atoms with Crippen LogP contribution in [0.1, 0.15) is 21.5 Å². The molecule has 4 rings (SSSR count). The van der Waals surface area contributed by atoms with Crippen LogP contribution >= 0.6 is 0 Å². The zero-order chi connectivity index (χ0) is 16.7. The van der Waals surface area contributed by atoms with E-state index < -0.39 is 12.0 Å². The van der Waals surface area contributed by atoms with E-state index >= 15 is 0 Å². The summed E-state index contributed by atoms with van der Waals surface area (Å²) < 4.78 is 10.5. The zero-order valence-electron chi connectivity index (χ0n) is 12.8. The Morgan fingerprint density at radius 3 is 2.58 bits per heavy atom. The van der Waals surface area contributed by atoms with Crippen LogP contribution < -0.4 is 9.47 Å². The van der Waals surface area contributed by atoms with Gasteiger partial charge in [0.2, 0.25) is 6.79 Å². The van der Waals surface area contributed by atoms with Gasteiger partial charge in [-0.1, -0.05) is 24.3 Å². The van der Waals surface area contributed by atoms with Gasteiger partial charge < -0.3 is 19.5 Å². The molecule has 1 amide bonds. The van der Waals surface area contributed by atoms with Crippen molar-refractivity contribution in [2.75, 3.05) is 6.79 Å². The Kier molecular flexibility index (Phi) is 3.37. The number of carbonyl (C=O) groups is 2. The smallest absolute Gasteiger partial charge is 0.326 e. The number of carboxylic acid groups (broad SMARTS) is 1. The third-order valence-corrected chi connectivity index (χ3v) is 4.41. The second-order valence-electron chi connectivity index (χ2n) is 5.83. The SMILES string of the molecule is O=C(O)[C@H]1Cc2ccccc2CN1C(=O)c1ccc2c(c1)OCO2. The summed E-state index contributed by atoms with van der Waals surface area (Å²) in [6, 6.07) is 11.6. The molecular weight excluding hydrogens is 310 g/mol. The van der Waals surface area contributed by atoms with Gasteiger partial charge in [0.05, 0.1) is 0 Å². The van der Waals surface area contributed by atoms with E-state index in [1.165, 1.54) is 4.90 Å². The van der Waals surface area contributed by atoms with Crippen LogP contribution in [0.25, 0.3) is 0 Å². The van der Waals surface area contributed by atoms with E-state index in [-0.39, 0.29) is 19.2 Å². The number of amides is 1. The number of nitrogens with zero attached hydrogens (tertiary/aromatic N) is 1. The minimum Gasteiger partial charge on any atom is -0.480 e. The molecule has 0 fully saturated rings. The number of ether oxygens (including phenoxy) is 2. The van der Waals surface area contributed by atoms with Crippen LogP contribution in [0.15, 0.2) is 42.5 Å². The minimum atomic E-state index is -1.00. The summed E-state index contributed by atoms with van der Waals surface area (Å²) in [7, 11) is 0. The number of hydrogen-bond donors (Lipinski definition) is 1. The molecule has 0 radical (unpaired) electrons. The molecule has 122 valence electrons. The van der Waals surface area contributed by atoms with Crippen LogP contribution in [0.2, 0.25) is 0 Å². The van der Waals surface area contributed by atoms with Gasteiger partial charge >= 0.3 is 5.97 Å². The van der Waals surface area contributed by atoms with Gasteiger partial charge in [-0.25, -0.2) is 4.79 Å². The summed E-state index contributed by atoms with van der Waals surface area (Å²) in [5, 5.41) is 9.55. The fourth-order valence-electron chi connectivity index (χ4n) is 3.15. The highest BCUT2D eigenvalue weighted by atomic mass is 16.7. The maximum atomic E-state index is 12.9. The molecule has 0 saturated heterocycles. The first-order chi connectivity index (χ1) is 11.6. The molecule has 1 atom stereocenters. The largest absolute Gasteiger partial charge is 0.480 e. The fraction of sp³-hybridized carbons (Fsp3) is 0.222. The zero-order valence-corrected chi connectivity index (χ0v) is 12.8. The molecule has 0 spiro atoms. The predicted octanol–water partition coefficient (Wildman–Crippen LogP) is 2.07. The lowest BCUT2D eigenvalue weighted by Crippen LogP contribution is -2.48. The topological polar surface area (TPSA) is 76.1 Å². The van der Waals surface area contributed by atoms with Crippen molar-refractivity contribution in [3.8, 4) is 11.5 Å². The minimum absolute atomic E-state index is 0.127. The Balaban J connectivity index is 1.68. The summed E-state index contributed by atoms with van der Waals surface area (Å²) in [5.74, 6) is -0.232. The van der Waals surface area contributed by atoms with Crippen molar-refractivity contribution in [1.29, 1.82) is 0 Å².